The number of pyridine rings is 1. The van der Waals surface area contributed by atoms with Crippen molar-refractivity contribution in [1.29, 1.82) is 5.26 Å². The summed E-state index contributed by atoms with van der Waals surface area (Å²) in [6.45, 7) is 5.97. The van der Waals surface area contributed by atoms with Crippen LogP contribution in [0, 0.1) is 17.1 Å². The number of nitrogens with zero attached hydrogens (tertiary/aromatic N) is 5. The maximum absolute atomic E-state index is 14.9. The van der Waals surface area contributed by atoms with E-state index in [-0.39, 0.29) is 29.8 Å². The quantitative estimate of drug-likeness (QED) is 0.470. The van der Waals surface area contributed by atoms with Crippen LogP contribution in [-0.4, -0.2) is 57.0 Å². The number of amides is 1. The number of rotatable bonds is 6. The summed E-state index contributed by atoms with van der Waals surface area (Å²) in [4.78, 5) is 18.1. The van der Waals surface area contributed by atoms with Gasteiger partial charge in [0.2, 0.25) is 0 Å². The van der Waals surface area contributed by atoms with Crippen LogP contribution < -0.4 is 16.0 Å². The molecule has 0 bridgehead atoms. The van der Waals surface area contributed by atoms with Crippen molar-refractivity contribution in [2.24, 2.45) is 0 Å². The first-order valence-electron chi connectivity index (χ1n) is 11.4. The molecule has 0 aliphatic carbocycles. The summed E-state index contributed by atoms with van der Waals surface area (Å²) in [7, 11) is 0. The van der Waals surface area contributed by atoms with Gasteiger partial charge < -0.3 is 25.4 Å². The molecule has 3 heterocycles. The number of nitrogens with one attached hydrogen (secondary N) is 3. The van der Waals surface area contributed by atoms with Gasteiger partial charge in [0.05, 0.1) is 42.3 Å². The number of anilines is 3. The van der Waals surface area contributed by atoms with E-state index in [2.05, 4.69) is 31.1 Å². The van der Waals surface area contributed by atoms with Crippen molar-refractivity contribution in [2.75, 3.05) is 23.8 Å². The third kappa shape index (κ3) is 6.25. The second-order valence-electron chi connectivity index (χ2n) is 9.19. The first-order chi connectivity index (χ1) is 17.2. The Morgan fingerprint density at radius 3 is 2.72 bits per heavy atom. The average Bonchev–Trinajstić information content (AvgIpc) is 3.36. The number of nitriles is 1. The van der Waals surface area contributed by atoms with Gasteiger partial charge in [-0.3, -0.25) is 0 Å². The molecule has 12 heteroatoms. The molecule has 1 aliphatic rings. The zero-order valence-electron chi connectivity index (χ0n) is 20.2. The van der Waals surface area contributed by atoms with Crippen LogP contribution in [0.4, 0.5) is 26.5 Å². The molecule has 1 aromatic carbocycles. The van der Waals surface area contributed by atoms with Crippen molar-refractivity contribution < 1.29 is 18.7 Å². The predicted octanol–water partition coefficient (Wildman–Crippen LogP) is 3.51. The lowest BCUT2D eigenvalue weighted by molar-refractivity contribution is 0.0317. The van der Waals surface area contributed by atoms with Gasteiger partial charge >= 0.3 is 6.09 Å². The Morgan fingerprint density at radius 2 is 2.00 bits per heavy atom. The number of hydrogen-bond donors (Lipinski definition) is 3. The maximum Gasteiger partial charge on any atom is 0.408 e. The summed E-state index contributed by atoms with van der Waals surface area (Å²) < 4.78 is 25.7. The molecule has 1 saturated heterocycles. The molecule has 3 aromatic rings. The lowest BCUT2D eigenvalue weighted by atomic mass is 10.0. The third-order valence-corrected chi connectivity index (χ3v) is 5.24. The second kappa shape index (κ2) is 10.6. The van der Waals surface area contributed by atoms with Gasteiger partial charge in [0.25, 0.3) is 0 Å². The summed E-state index contributed by atoms with van der Waals surface area (Å²) in [5.41, 5.74) is 0.689. The summed E-state index contributed by atoms with van der Waals surface area (Å²) in [6.07, 6.45) is 3.04. The highest BCUT2D eigenvalue weighted by Gasteiger charge is 2.30. The Kier molecular flexibility index (Phi) is 7.30. The van der Waals surface area contributed by atoms with Gasteiger partial charge in [-0.1, -0.05) is 6.07 Å². The normalized spacial score (nSPS) is 17.6. The van der Waals surface area contributed by atoms with Crippen LogP contribution in [0.3, 0.4) is 0 Å². The number of carbonyl (C=O) groups is 1. The van der Waals surface area contributed by atoms with Crippen molar-refractivity contribution in [1.82, 2.24) is 25.3 Å². The van der Waals surface area contributed by atoms with Crippen molar-refractivity contribution in [2.45, 2.75) is 44.9 Å². The van der Waals surface area contributed by atoms with Crippen LogP contribution in [0.5, 0.6) is 0 Å². The van der Waals surface area contributed by atoms with Crippen LogP contribution in [0.1, 0.15) is 32.8 Å². The monoisotopic (exact) mass is 494 g/mol. The minimum Gasteiger partial charge on any atom is -0.444 e. The van der Waals surface area contributed by atoms with E-state index >= 15 is 0 Å². The van der Waals surface area contributed by atoms with Crippen LogP contribution in [-0.2, 0) is 9.47 Å². The number of aromatic nitrogens is 4. The Morgan fingerprint density at radius 1 is 1.22 bits per heavy atom. The lowest BCUT2D eigenvalue weighted by Gasteiger charge is -2.33. The molecule has 3 N–H and O–H groups in total. The standard InChI is InChI=1S/C24H27FN8O3/c1-24(2,3)36-23(34)31-20-14-35-10-7-19(20)30-22-18(25)11-15(13-26)21(32-22)29-16-5-4-6-17(12-16)33-27-8-9-28-33/h4-6,8-9,11-12,19-20H,7,10,14H2,1-3H3,(H,31,34)(H2,29,30,32)/t19-,20+/m1/s1. The van der Waals surface area contributed by atoms with Gasteiger partial charge in [0.1, 0.15) is 11.7 Å². The number of benzene rings is 1. The largest absolute Gasteiger partial charge is 0.444 e. The molecule has 36 heavy (non-hydrogen) atoms. The maximum atomic E-state index is 14.9. The highest BCUT2D eigenvalue weighted by atomic mass is 19.1. The Balaban J connectivity index is 1.54. The molecule has 0 spiro atoms. The minimum absolute atomic E-state index is 0.0380. The zero-order chi connectivity index (χ0) is 25.7. The molecular weight excluding hydrogens is 467 g/mol. The first kappa shape index (κ1) is 24.9. The van der Waals surface area contributed by atoms with Crippen LogP contribution in [0.15, 0.2) is 42.7 Å². The van der Waals surface area contributed by atoms with Crippen LogP contribution >= 0.6 is 0 Å². The molecule has 188 valence electrons. The minimum atomic E-state index is -0.686. The Hall–Kier alpha value is -4.24. The topological polar surface area (TPSA) is 139 Å². The number of ether oxygens (including phenoxy) is 2. The molecule has 1 amide bonds. The number of carbonyl (C=O) groups excluding carboxylic acids is 1. The smallest absolute Gasteiger partial charge is 0.408 e. The highest BCUT2D eigenvalue weighted by Crippen LogP contribution is 2.26. The summed E-state index contributed by atoms with van der Waals surface area (Å²) in [5, 5.41) is 26.7. The fourth-order valence-corrected chi connectivity index (χ4v) is 3.65. The van der Waals surface area contributed by atoms with E-state index in [0.717, 1.165) is 6.07 Å². The summed E-state index contributed by atoms with van der Waals surface area (Å²) in [6, 6.07) is 9.42. The molecule has 1 aliphatic heterocycles. The van der Waals surface area contributed by atoms with Gasteiger partial charge in [0.15, 0.2) is 17.5 Å². The second-order valence-corrected chi connectivity index (χ2v) is 9.19. The van der Waals surface area contributed by atoms with E-state index in [0.29, 0.717) is 24.4 Å². The van der Waals surface area contributed by atoms with Crippen molar-refractivity contribution in [3.63, 3.8) is 0 Å². The van der Waals surface area contributed by atoms with Gasteiger partial charge in [-0.05, 0) is 51.5 Å². The lowest BCUT2D eigenvalue weighted by Crippen LogP contribution is -2.53. The molecular formula is C24H27FN8O3. The third-order valence-electron chi connectivity index (χ3n) is 5.24. The molecule has 4 rings (SSSR count). The number of halogens is 1. The van der Waals surface area contributed by atoms with E-state index in [4.69, 9.17) is 9.47 Å². The van der Waals surface area contributed by atoms with E-state index in [1.165, 1.54) is 4.80 Å². The fourth-order valence-electron chi connectivity index (χ4n) is 3.65. The fraction of sp³-hybridized carbons (Fsp3) is 0.375. The summed E-state index contributed by atoms with van der Waals surface area (Å²) >= 11 is 0. The van der Waals surface area contributed by atoms with E-state index < -0.39 is 23.6 Å². The van der Waals surface area contributed by atoms with Gasteiger partial charge in [-0.2, -0.15) is 20.3 Å². The molecule has 1 fully saturated rings. The molecule has 2 aromatic heterocycles. The highest BCUT2D eigenvalue weighted by molar-refractivity contribution is 5.69. The molecule has 0 unspecified atom stereocenters. The average molecular weight is 495 g/mol. The van der Waals surface area contributed by atoms with Crippen molar-refractivity contribution in [3.05, 3.63) is 54.1 Å². The summed E-state index contributed by atoms with van der Waals surface area (Å²) in [5.74, 6) is -0.561. The predicted molar refractivity (Wildman–Crippen MR) is 130 cm³/mol. The molecule has 0 radical (unpaired) electrons. The molecule has 0 saturated carbocycles. The molecule has 11 nitrogen and oxygen atoms in total. The SMILES string of the molecule is CC(C)(C)OC(=O)N[C@H]1COCC[C@H]1Nc1nc(Nc2cccc(-n3nccn3)c2)c(C#N)cc1F. The van der Waals surface area contributed by atoms with Crippen molar-refractivity contribution in [3.8, 4) is 11.8 Å². The Bertz CT molecular complexity index is 1250. The van der Waals surface area contributed by atoms with E-state index in [9.17, 15) is 14.4 Å². The van der Waals surface area contributed by atoms with Gasteiger partial charge in [-0.25, -0.2) is 14.2 Å². The molecule has 2 atom stereocenters. The van der Waals surface area contributed by atoms with Crippen LogP contribution in [0.25, 0.3) is 5.69 Å². The van der Waals surface area contributed by atoms with E-state index in [1.807, 2.05) is 12.1 Å². The van der Waals surface area contributed by atoms with Crippen molar-refractivity contribution >= 4 is 23.4 Å². The number of alkyl carbamates (subject to hydrolysis) is 1. The van der Waals surface area contributed by atoms with Gasteiger partial charge in [-0.15, -0.1) is 0 Å². The van der Waals surface area contributed by atoms with E-state index in [1.54, 1.807) is 51.4 Å². The van der Waals surface area contributed by atoms with Gasteiger partial charge in [0, 0.05) is 12.3 Å². The Labute approximate surface area is 207 Å². The zero-order valence-corrected chi connectivity index (χ0v) is 20.2. The first-order valence-corrected chi connectivity index (χ1v) is 11.4. The number of hydrogen-bond acceptors (Lipinski definition) is 9. The van der Waals surface area contributed by atoms with Crippen LogP contribution in [0.2, 0.25) is 0 Å².